The molecular formula is C20H17F2N3O4. The van der Waals surface area contributed by atoms with Crippen LogP contribution in [0.5, 0.6) is 0 Å². The molecule has 3 N–H and O–H groups in total. The number of carbonyl (C=O) groups excluding carboxylic acids is 1. The van der Waals surface area contributed by atoms with Gasteiger partial charge in [-0.05, 0) is 36.4 Å². The Morgan fingerprint density at radius 2 is 1.79 bits per heavy atom. The first-order chi connectivity index (χ1) is 13.8. The molecule has 0 saturated carbocycles. The lowest BCUT2D eigenvalue weighted by Crippen LogP contribution is -2.26. The largest absolute Gasteiger partial charge is 0.477 e. The van der Waals surface area contributed by atoms with Crippen molar-refractivity contribution in [2.45, 2.75) is 6.92 Å². The van der Waals surface area contributed by atoms with Crippen LogP contribution < -0.4 is 16.1 Å². The van der Waals surface area contributed by atoms with Crippen LogP contribution in [0.25, 0.3) is 16.6 Å². The molecule has 1 aromatic heterocycles. The molecule has 0 spiro atoms. The van der Waals surface area contributed by atoms with Crippen molar-refractivity contribution in [3.8, 4) is 5.69 Å². The lowest BCUT2D eigenvalue weighted by molar-refractivity contribution is -0.118. The van der Waals surface area contributed by atoms with Crippen molar-refractivity contribution in [1.29, 1.82) is 0 Å². The molecule has 3 rings (SSSR count). The maximum absolute atomic E-state index is 14.5. The number of carboxylic acid groups (broad SMARTS) is 1. The van der Waals surface area contributed by atoms with Crippen LogP contribution in [-0.4, -0.2) is 34.6 Å². The number of rotatable bonds is 6. The van der Waals surface area contributed by atoms with Gasteiger partial charge in [0.05, 0.1) is 11.2 Å². The fourth-order valence-corrected chi connectivity index (χ4v) is 2.88. The highest BCUT2D eigenvalue weighted by Gasteiger charge is 2.18. The predicted octanol–water partition coefficient (Wildman–Crippen LogP) is 2.52. The Hall–Kier alpha value is -3.75. The Labute approximate surface area is 163 Å². The van der Waals surface area contributed by atoms with Gasteiger partial charge in [0.1, 0.15) is 17.2 Å². The van der Waals surface area contributed by atoms with Gasteiger partial charge in [0.15, 0.2) is 0 Å². The van der Waals surface area contributed by atoms with Gasteiger partial charge in [-0.25, -0.2) is 13.6 Å². The summed E-state index contributed by atoms with van der Waals surface area (Å²) in [6.07, 6.45) is 1.12. The molecule has 1 heterocycles. The first-order valence-corrected chi connectivity index (χ1v) is 8.64. The topological polar surface area (TPSA) is 100 Å². The summed E-state index contributed by atoms with van der Waals surface area (Å²) in [6, 6.07) is 7.54. The summed E-state index contributed by atoms with van der Waals surface area (Å²) in [5.41, 5.74) is -0.645. The van der Waals surface area contributed by atoms with Crippen molar-refractivity contribution in [3.05, 3.63) is 70.0 Å². The Kier molecular flexibility index (Phi) is 5.58. The first kappa shape index (κ1) is 20.0. The molecule has 0 unspecified atom stereocenters. The van der Waals surface area contributed by atoms with E-state index in [1.807, 2.05) is 0 Å². The number of fused-ring (bicyclic) bond motifs is 1. The van der Waals surface area contributed by atoms with E-state index in [0.717, 1.165) is 12.3 Å². The number of anilines is 1. The predicted molar refractivity (Wildman–Crippen MR) is 104 cm³/mol. The van der Waals surface area contributed by atoms with Crippen molar-refractivity contribution in [3.63, 3.8) is 0 Å². The van der Waals surface area contributed by atoms with Gasteiger partial charge in [0.25, 0.3) is 0 Å². The van der Waals surface area contributed by atoms with Crippen molar-refractivity contribution in [2.24, 2.45) is 0 Å². The standard InChI is InChI=1S/C20H17F2N3O4/c1-11(26)23-6-7-24-17-9-18-14(8-16(17)22)19(27)15(20(28)29)10-25(18)13-4-2-12(21)3-5-13/h2-5,8-10,24H,6-7H2,1H3,(H,23,26)(H,28,29). The fourth-order valence-electron chi connectivity index (χ4n) is 2.88. The highest BCUT2D eigenvalue weighted by atomic mass is 19.1. The summed E-state index contributed by atoms with van der Waals surface area (Å²) in [4.78, 5) is 34.9. The monoisotopic (exact) mass is 401 g/mol. The molecule has 1 amide bonds. The molecule has 0 aliphatic heterocycles. The van der Waals surface area contributed by atoms with E-state index >= 15 is 0 Å². The third kappa shape index (κ3) is 4.23. The van der Waals surface area contributed by atoms with Gasteiger partial charge in [0.2, 0.25) is 11.3 Å². The van der Waals surface area contributed by atoms with E-state index in [0.29, 0.717) is 5.69 Å². The molecule has 0 radical (unpaired) electrons. The second-order valence-corrected chi connectivity index (χ2v) is 6.28. The summed E-state index contributed by atoms with van der Waals surface area (Å²) in [5.74, 6) is -2.91. The smallest absolute Gasteiger partial charge is 0.341 e. The van der Waals surface area contributed by atoms with Gasteiger partial charge in [-0.1, -0.05) is 0 Å². The van der Waals surface area contributed by atoms with Crippen LogP contribution in [0.2, 0.25) is 0 Å². The minimum Gasteiger partial charge on any atom is -0.477 e. The number of aromatic nitrogens is 1. The SMILES string of the molecule is CC(=O)NCCNc1cc2c(cc1F)c(=O)c(C(=O)O)cn2-c1ccc(F)cc1. The maximum Gasteiger partial charge on any atom is 0.341 e. The quantitative estimate of drug-likeness (QED) is 0.551. The highest BCUT2D eigenvalue weighted by Crippen LogP contribution is 2.24. The van der Waals surface area contributed by atoms with E-state index in [1.54, 1.807) is 0 Å². The second-order valence-electron chi connectivity index (χ2n) is 6.28. The first-order valence-electron chi connectivity index (χ1n) is 8.64. The number of carboxylic acids is 1. The normalized spacial score (nSPS) is 10.7. The van der Waals surface area contributed by atoms with Crippen LogP contribution in [0, 0.1) is 11.6 Å². The van der Waals surface area contributed by atoms with Crippen LogP contribution in [-0.2, 0) is 4.79 Å². The molecule has 0 atom stereocenters. The van der Waals surface area contributed by atoms with Crippen molar-refractivity contribution in [2.75, 3.05) is 18.4 Å². The van der Waals surface area contributed by atoms with E-state index in [4.69, 9.17) is 0 Å². The van der Waals surface area contributed by atoms with E-state index < -0.39 is 28.6 Å². The summed E-state index contributed by atoms with van der Waals surface area (Å²) < 4.78 is 29.2. The minimum atomic E-state index is -1.45. The summed E-state index contributed by atoms with van der Waals surface area (Å²) >= 11 is 0. The van der Waals surface area contributed by atoms with Gasteiger partial charge in [-0.2, -0.15) is 0 Å². The molecule has 0 aliphatic rings. The number of halogens is 2. The number of carbonyl (C=O) groups is 2. The Morgan fingerprint density at radius 1 is 1.10 bits per heavy atom. The third-order valence-electron chi connectivity index (χ3n) is 4.24. The van der Waals surface area contributed by atoms with E-state index in [2.05, 4.69) is 10.6 Å². The Balaban J connectivity index is 2.16. The van der Waals surface area contributed by atoms with Crippen molar-refractivity contribution < 1.29 is 23.5 Å². The number of aromatic carboxylic acids is 1. The van der Waals surface area contributed by atoms with Crippen LogP contribution in [0.1, 0.15) is 17.3 Å². The molecular weight excluding hydrogens is 384 g/mol. The number of nitrogens with zero attached hydrogens (tertiary/aromatic N) is 1. The molecule has 0 fully saturated rings. The number of amides is 1. The van der Waals surface area contributed by atoms with E-state index in [-0.39, 0.29) is 35.6 Å². The average Bonchev–Trinajstić information content (AvgIpc) is 2.67. The van der Waals surface area contributed by atoms with Crippen LogP contribution in [0.15, 0.2) is 47.4 Å². The maximum atomic E-state index is 14.5. The number of pyridine rings is 1. The third-order valence-corrected chi connectivity index (χ3v) is 4.24. The van der Waals surface area contributed by atoms with Crippen LogP contribution in [0.3, 0.4) is 0 Å². The van der Waals surface area contributed by atoms with Gasteiger partial charge in [-0.15, -0.1) is 0 Å². The second kappa shape index (κ2) is 8.09. The number of benzene rings is 2. The summed E-state index contributed by atoms with van der Waals surface area (Å²) in [6.45, 7) is 1.85. The highest BCUT2D eigenvalue weighted by molar-refractivity contribution is 5.94. The molecule has 9 heteroatoms. The molecule has 29 heavy (non-hydrogen) atoms. The summed E-state index contributed by atoms with van der Waals surface area (Å²) in [5, 5.41) is 14.6. The minimum absolute atomic E-state index is 0.0705. The molecule has 150 valence electrons. The van der Waals surface area contributed by atoms with Crippen LogP contribution >= 0.6 is 0 Å². The summed E-state index contributed by atoms with van der Waals surface area (Å²) in [7, 11) is 0. The molecule has 0 bridgehead atoms. The van der Waals surface area contributed by atoms with Crippen molar-refractivity contribution in [1.82, 2.24) is 9.88 Å². The average molecular weight is 401 g/mol. The molecule has 3 aromatic rings. The molecule has 0 aliphatic carbocycles. The molecule has 0 saturated heterocycles. The zero-order valence-corrected chi connectivity index (χ0v) is 15.3. The molecule has 2 aromatic carbocycles. The molecule has 7 nitrogen and oxygen atoms in total. The lowest BCUT2D eigenvalue weighted by atomic mass is 10.1. The van der Waals surface area contributed by atoms with E-state index in [9.17, 15) is 28.3 Å². The van der Waals surface area contributed by atoms with E-state index in [1.165, 1.54) is 41.8 Å². The Bertz CT molecular complexity index is 1160. The van der Waals surface area contributed by atoms with Gasteiger partial charge in [-0.3, -0.25) is 9.59 Å². The van der Waals surface area contributed by atoms with Gasteiger partial charge in [0, 0.05) is 37.3 Å². The number of hydrogen-bond donors (Lipinski definition) is 3. The number of hydrogen-bond acceptors (Lipinski definition) is 4. The lowest BCUT2D eigenvalue weighted by Gasteiger charge is -2.15. The number of nitrogens with one attached hydrogen (secondary N) is 2. The zero-order valence-electron chi connectivity index (χ0n) is 15.3. The zero-order chi connectivity index (χ0) is 21.1. The van der Waals surface area contributed by atoms with Crippen molar-refractivity contribution >= 4 is 28.5 Å². The Morgan fingerprint density at radius 3 is 2.41 bits per heavy atom. The fraction of sp³-hybridized carbons (Fsp3) is 0.150. The van der Waals surface area contributed by atoms with Crippen LogP contribution in [0.4, 0.5) is 14.5 Å². The van der Waals surface area contributed by atoms with Gasteiger partial charge >= 0.3 is 5.97 Å². The van der Waals surface area contributed by atoms with Gasteiger partial charge < -0.3 is 20.3 Å².